The number of hydrogen-bond donors (Lipinski definition) is 0. The summed E-state index contributed by atoms with van der Waals surface area (Å²) in [5.41, 5.74) is 6.36. The Bertz CT molecular complexity index is 1810. The van der Waals surface area contributed by atoms with Crippen LogP contribution in [0, 0.1) is 13.8 Å². The van der Waals surface area contributed by atoms with Crippen LogP contribution in [-0.4, -0.2) is 23.2 Å². The number of aryl methyl sites for hydroxylation is 2. The topological polar surface area (TPSA) is 72.8 Å². The fraction of sp³-hybridized carbons (Fsp3) is 0.0811. The van der Waals surface area contributed by atoms with Crippen LogP contribution in [0.2, 0.25) is 0 Å². The van der Waals surface area contributed by atoms with Crippen molar-refractivity contribution in [1.82, 2.24) is 0 Å². The second-order valence-electron chi connectivity index (χ2n) is 10.1. The predicted molar refractivity (Wildman–Crippen MR) is 171 cm³/mol. The van der Waals surface area contributed by atoms with Crippen molar-refractivity contribution in [3.63, 3.8) is 0 Å². The van der Waals surface area contributed by atoms with E-state index in [1.807, 2.05) is 123 Å². The summed E-state index contributed by atoms with van der Waals surface area (Å²) < 4.78 is 0. The van der Waals surface area contributed by atoms with Gasteiger partial charge in [-0.3, -0.25) is 9.59 Å². The standard InChI is InChI=1S/C37H29NO4S/c1-24-9-10-25(2)34(23-24)35(38-42-26(3)39)37(41)31-17-21-33(22-18-31)43-32-19-15-30(16-20-32)36(40)29-13-11-28(12-14-29)27-7-5-4-6-8-27/h4-23H,1-3H3. The van der Waals surface area contributed by atoms with Crippen LogP contribution in [0.25, 0.3) is 11.1 Å². The molecule has 0 bridgehead atoms. The minimum absolute atomic E-state index is 0.0332. The van der Waals surface area contributed by atoms with Gasteiger partial charge in [0.1, 0.15) is 0 Å². The highest BCUT2D eigenvalue weighted by molar-refractivity contribution is 7.99. The molecule has 0 aliphatic rings. The molecule has 6 heteroatoms. The normalized spacial score (nSPS) is 11.2. The highest BCUT2D eigenvalue weighted by Crippen LogP contribution is 2.29. The summed E-state index contributed by atoms with van der Waals surface area (Å²) in [6, 6.07) is 38.1. The molecular formula is C37H29NO4S. The van der Waals surface area contributed by atoms with Crippen LogP contribution in [0.4, 0.5) is 0 Å². The molecule has 0 aliphatic heterocycles. The number of nitrogens with zero attached hydrogens (tertiary/aromatic N) is 1. The summed E-state index contributed by atoms with van der Waals surface area (Å²) in [6.45, 7) is 5.05. The molecule has 5 aromatic carbocycles. The number of benzene rings is 5. The number of hydrogen-bond acceptors (Lipinski definition) is 6. The summed E-state index contributed by atoms with van der Waals surface area (Å²) in [5.74, 6) is -0.976. The van der Waals surface area contributed by atoms with E-state index >= 15 is 0 Å². The van der Waals surface area contributed by atoms with Gasteiger partial charge in [-0.05, 0) is 85.1 Å². The summed E-state index contributed by atoms with van der Waals surface area (Å²) in [6.07, 6.45) is 0. The quantitative estimate of drug-likeness (QED) is 0.0753. The first kappa shape index (κ1) is 29.4. The Hall–Kier alpha value is -5.07. The van der Waals surface area contributed by atoms with E-state index in [-0.39, 0.29) is 17.3 Å². The average molecular weight is 584 g/mol. The van der Waals surface area contributed by atoms with Gasteiger partial charge in [-0.25, -0.2) is 4.79 Å². The lowest BCUT2D eigenvalue weighted by molar-refractivity contribution is -0.140. The van der Waals surface area contributed by atoms with Gasteiger partial charge in [-0.2, -0.15) is 0 Å². The first-order valence-corrected chi connectivity index (χ1v) is 14.6. The monoisotopic (exact) mass is 583 g/mol. The van der Waals surface area contributed by atoms with Crippen molar-refractivity contribution in [2.45, 2.75) is 30.6 Å². The fourth-order valence-corrected chi connectivity index (χ4v) is 5.36. The van der Waals surface area contributed by atoms with Crippen molar-refractivity contribution in [2.24, 2.45) is 5.16 Å². The molecule has 0 N–H and O–H groups in total. The molecule has 5 rings (SSSR count). The van der Waals surface area contributed by atoms with Crippen molar-refractivity contribution in [2.75, 3.05) is 0 Å². The molecule has 0 fully saturated rings. The van der Waals surface area contributed by atoms with Gasteiger partial charge in [0.2, 0.25) is 5.78 Å². The van der Waals surface area contributed by atoms with E-state index in [1.165, 1.54) is 18.7 Å². The highest BCUT2D eigenvalue weighted by Gasteiger charge is 2.20. The molecule has 0 amide bonds. The van der Waals surface area contributed by atoms with Crippen LogP contribution in [-0.2, 0) is 9.63 Å². The van der Waals surface area contributed by atoms with Gasteiger partial charge in [-0.1, -0.05) is 89.2 Å². The van der Waals surface area contributed by atoms with E-state index in [0.717, 1.165) is 32.0 Å². The SMILES string of the molecule is CC(=O)ON=C(C(=O)c1ccc(Sc2ccc(C(=O)c3ccc(-c4ccccc4)cc3)cc2)cc1)c1cc(C)ccc1C. The van der Waals surface area contributed by atoms with Crippen LogP contribution in [0.5, 0.6) is 0 Å². The molecule has 0 aromatic heterocycles. The second-order valence-corrected chi connectivity index (χ2v) is 11.2. The maximum Gasteiger partial charge on any atom is 0.332 e. The Morgan fingerprint density at radius 2 is 1.16 bits per heavy atom. The van der Waals surface area contributed by atoms with Gasteiger partial charge in [0.15, 0.2) is 11.5 Å². The van der Waals surface area contributed by atoms with E-state index < -0.39 is 5.97 Å². The maximum atomic E-state index is 13.4. The molecule has 212 valence electrons. The van der Waals surface area contributed by atoms with Gasteiger partial charge in [0, 0.05) is 39.0 Å². The largest absolute Gasteiger partial charge is 0.332 e. The molecule has 0 radical (unpaired) electrons. The lowest BCUT2D eigenvalue weighted by Crippen LogP contribution is -2.18. The third-order valence-electron chi connectivity index (χ3n) is 6.85. The van der Waals surface area contributed by atoms with Crippen LogP contribution in [0.1, 0.15) is 49.9 Å². The zero-order chi connectivity index (χ0) is 30.3. The summed E-state index contributed by atoms with van der Waals surface area (Å²) in [4.78, 5) is 44.7. The molecule has 5 aromatic rings. The van der Waals surface area contributed by atoms with E-state index in [2.05, 4.69) is 5.16 Å². The van der Waals surface area contributed by atoms with Crippen LogP contribution < -0.4 is 0 Å². The summed E-state index contributed by atoms with van der Waals surface area (Å²) in [7, 11) is 0. The average Bonchev–Trinajstić information content (AvgIpc) is 3.03. The summed E-state index contributed by atoms with van der Waals surface area (Å²) in [5, 5.41) is 3.91. The molecule has 0 heterocycles. The number of carbonyl (C=O) groups is 3. The van der Waals surface area contributed by atoms with Gasteiger partial charge in [-0.15, -0.1) is 0 Å². The van der Waals surface area contributed by atoms with Crippen LogP contribution in [0.3, 0.4) is 0 Å². The van der Waals surface area contributed by atoms with Crippen molar-refractivity contribution < 1.29 is 19.2 Å². The Labute approximate surface area is 255 Å². The molecule has 0 atom stereocenters. The molecular weight excluding hydrogens is 554 g/mol. The second kappa shape index (κ2) is 13.3. The third kappa shape index (κ3) is 7.23. The van der Waals surface area contributed by atoms with Crippen molar-refractivity contribution in [3.05, 3.63) is 155 Å². The molecule has 0 aliphatic carbocycles. The molecule has 0 saturated carbocycles. The Balaban J connectivity index is 1.27. The Morgan fingerprint density at radius 3 is 1.74 bits per heavy atom. The highest BCUT2D eigenvalue weighted by atomic mass is 32.2. The molecule has 5 nitrogen and oxygen atoms in total. The van der Waals surface area contributed by atoms with Crippen molar-refractivity contribution in [1.29, 1.82) is 0 Å². The van der Waals surface area contributed by atoms with E-state index in [4.69, 9.17) is 4.84 Å². The fourth-order valence-electron chi connectivity index (χ4n) is 4.55. The number of rotatable bonds is 9. The predicted octanol–water partition coefficient (Wildman–Crippen LogP) is 8.50. The zero-order valence-corrected chi connectivity index (χ0v) is 24.9. The number of Topliss-reactive ketones (excluding diaryl/α,β-unsaturated/α-hetero) is 1. The van der Waals surface area contributed by atoms with Crippen LogP contribution in [0.15, 0.2) is 136 Å². The Morgan fingerprint density at radius 1 is 0.628 bits per heavy atom. The van der Waals surface area contributed by atoms with E-state index in [1.54, 1.807) is 12.1 Å². The minimum atomic E-state index is -0.601. The number of oxime groups is 1. The molecule has 0 saturated heterocycles. The van der Waals surface area contributed by atoms with Gasteiger partial charge in [0.05, 0.1) is 0 Å². The zero-order valence-electron chi connectivity index (χ0n) is 24.0. The smallest absolute Gasteiger partial charge is 0.318 e. The van der Waals surface area contributed by atoms with Gasteiger partial charge in [0.25, 0.3) is 0 Å². The third-order valence-corrected chi connectivity index (χ3v) is 7.87. The number of ketones is 2. The molecule has 0 spiro atoms. The minimum Gasteiger partial charge on any atom is -0.318 e. The lowest BCUT2D eigenvalue weighted by Gasteiger charge is -2.10. The molecule has 43 heavy (non-hydrogen) atoms. The lowest BCUT2D eigenvalue weighted by atomic mass is 9.96. The first-order valence-electron chi connectivity index (χ1n) is 13.7. The first-order chi connectivity index (χ1) is 20.8. The Kier molecular flexibility index (Phi) is 9.08. The van der Waals surface area contributed by atoms with E-state index in [0.29, 0.717) is 22.3 Å². The maximum absolute atomic E-state index is 13.4. The van der Waals surface area contributed by atoms with Crippen LogP contribution >= 0.6 is 11.8 Å². The number of carbonyl (C=O) groups excluding carboxylic acids is 3. The van der Waals surface area contributed by atoms with Crippen molar-refractivity contribution >= 4 is 35.0 Å². The van der Waals surface area contributed by atoms with E-state index in [9.17, 15) is 14.4 Å². The van der Waals surface area contributed by atoms with Gasteiger partial charge >= 0.3 is 5.97 Å². The molecule has 0 unspecified atom stereocenters. The summed E-state index contributed by atoms with van der Waals surface area (Å²) >= 11 is 1.52. The van der Waals surface area contributed by atoms with Crippen molar-refractivity contribution in [3.8, 4) is 11.1 Å². The van der Waals surface area contributed by atoms with Gasteiger partial charge < -0.3 is 4.84 Å².